The summed E-state index contributed by atoms with van der Waals surface area (Å²) >= 11 is 5.74. The van der Waals surface area contributed by atoms with E-state index in [2.05, 4.69) is 5.32 Å². The zero-order valence-corrected chi connectivity index (χ0v) is 11.2. The summed E-state index contributed by atoms with van der Waals surface area (Å²) in [4.78, 5) is 0. The van der Waals surface area contributed by atoms with E-state index in [1.165, 1.54) is 0 Å². The fourth-order valence-corrected chi connectivity index (χ4v) is 1.95. The molecule has 0 heterocycles. The highest BCUT2D eigenvalue weighted by Gasteiger charge is 2.30. The molecule has 0 fully saturated rings. The Kier molecular flexibility index (Phi) is 4.37. The quantitative estimate of drug-likeness (QED) is 0.761. The Morgan fingerprint density at radius 2 is 1.71 bits per heavy atom. The number of rotatable bonds is 3. The molecule has 0 amide bonds. The number of anilines is 1. The molecule has 1 N–H and O–H groups in total. The SMILES string of the molecule is Fc1ccc(F)c(CNc2ccc(C(F)(F)F)cc2Cl)c1. The third-order valence-electron chi connectivity index (χ3n) is 2.77. The van der Waals surface area contributed by atoms with Crippen LogP contribution in [0.1, 0.15) is 11.1 Å². The lowest BCUT2D eigenvalue weighted by molar-refractivity contribution is -0.137. The second kappa shape index (κ2) is 5.89. The lowest BCUT2D eigenvalue weighted by Gasteiger charge is -2.12. The van der Waals surface area contributed by atoms with Crippen molar-refractivity contribution in [2.45, 2.75) is 12.7 Å². The Morgan fingerprint density at radius 1 is 1.00 bits per heavy atom. The molecule has 2 aromatic carbocycles. The van der Waals surface area contributed by atoms with Gasteiger partial charge in [0.15, 0.2) is 0 Å². The van der Waals surface area contributed by atoms with E-state index in [1.54, 1.807) is 0 Å². The third kappa shape index (κ3) is 3.85. The summed E-state index contributed by atoms with van der Waals surface area (Å²) < 4.78 is 63.8. The largest absolute Gasteiger partial charge is 0.416 e. The van der Waals surface area contributed by atoms with Gasteiger partial charge >= 0.3 is 6.18 Å². The second-order valence-corrected chi connectivity index (χ2v) is 4.69. The van der Waals surface area contributed by atoms with Gasteiger partial charge in [-0.05, 0) is 36.4 Å². The van der Waals surface area contributed by atoms with E-state index < -0.39 is 23.4 Å². The van der Waals surface area contributed by atoms with Gasteiger partial charge in [-0.25, -0.2) is 8.78 Å². The number of hydrogen-bond acceptors (Lipinski definition) is 1. The lowest BCUT2D eigenvalue weighted by Crippen LogP contribution is -2.06. The first-order valence-corrected chi connectivity index (χ1v) is 6.20. The van der Waals surface area contributed by atoms with Gasteiger partial charge in [-0.3, -0.25) is 0 Å². The van der Waals surface area contributed by atoms with E-state index >= 15 is 0 Å². The molecule has 0 aliphatic heterocycles. The molecule has 21 heavy (non-hydrogen) atoms. The van der Waals surface area contributed by atoms with Crippen LogP contribution in [0.15, 0.2) is 36.4 Å². The topological polar surface area (TPSA) is 12.0 Å². The van der Waals surface area contributed by atoms with E-state index in [4.69, 9.17) is 11.6 Å². The fourth-order valence-electron chi connectivity index (χ4n) is 1.70. The molecule has 0 aliphatic rings. The van der Waals surface area contributed by atoms with Crippen LogP contribution in [0, 0.1) is 11.6 Å². The molecular formula is C14H9ClF5N. The van der Waals surface area contributed by atoms with Crippen LogP contribution < -0.4 is 5.32 Å². The van der Waals surface area contributed by atoms with Crippen LogP contribution in [0.4, 0.5) is 27.6 Å². The average Bonchev–Trinajstić information content (AvgIpc) is 2.40. The van der Waals surface area contributed by atoms with Crippen LogP contribution in [0.5, 0.6) is 0 Å². The maximum Gasteiger partial charge on any atom is 0.416 e. The van der Waals surface area contributed by atoms with E-state index in [-0.39, 0.29) is 22.8 Å². The summed E-state index contributed by atoms with van der Waals surface area (Å²) in [5, 5.41) is 2.52. The molecule has 0 bridgehead atoms. The van der Waals surface area contributed by atoms with Gasteiger partial charge in [-0.2, -0.15) is 13.2 Å². The second-order valence-electron chi connectivity index (χ2n) is 4.28. The molecule has 112 valence electrons. The van der Waals surface area contributed by atoms with Gasteiger partial charge in [0, 0.05) is 12.1 Å². The molecule has 2 aromatic rings. The van der Waals surface area contributed by atoms with Crippen molar-refractivity contribution in [3.8, 4) is 0 Å². The predicted octanol–water partition coefficient (Wildman–Crippen LogP) is 5.25. The average molecular weight is 322 g/mol. The zero-order chi connectivity index (χ0) is 15.6. The first kappa shape index (κ1) is 15.6. The minimum absolute atomic E-state index is 0.0472. The Morgan fingerprint density at radius 3 is 2.33 bits per heavy atom. The summed E-state index contributed by atoms with van der Waals surface area (Å²) in [5.41, 5.74) is -0.630. The van der Waals surface area contributed by atoms with Crippen LogP contribution in [-0.2, 0) is 12.7 Å². The molecule has 0 spiro atoms. The van der Waals surface area contributed by atoms with Crippen LogP contribution in [0.2, 0.25) is 5.02 Å². The monoisotopic (exact) mass is 321 g/mol. The van der Waals surface area contributed by atoms with Crippen molar-refractivity contribution in [2.75, 3.05) is 5.32 Å². The number of alkyl halides is 3. The van der Waals surface area contributed by atoms with Crippen molar-refractivity contribution in [1.29, 1.82) is 0 Å². The fraction of sp³-hybridized carbons (Fsp3) is 0.143. The van der Waals surface area contributed by atoms with Crippen molar-refractivity contribution < 1.29 is 22.0 Å². The molecule has 0 saturated heterocycles. The van der Waals surface area contributed by atoms with Crippen LogP contribution in [-0.4, -0.2) is 0 Å². The smallest absolute Gasteiger partial charge is 0.380 e. The standard InChI is InChI=1S/C14H9ClF5N/c15-11-6-9(14(18,19)20)1-4-13(11)21-7-8-5-10(16)2-3-12(8)17/h1-6,21H,7H2. The Bertz CT molecular complexity index is 654. The van der Waals surface area contributed by atoms with Gasteiger partial charge in [0.1, 0.15) is 11.6 Å². The highest BCUT2D eigenvalue weighted by Crippen LogP contribution is 2.33. The highest BCUT2D eigenvalue weighted by atomic mass is 35.5. The number of halogens is 6. The summed E-state index contributed by atoms with van der Waals surface area (Å²) in [6.45, 7) is -0.103. The van der Waals surface area contributed by atoms with Gasteiger partial charge in [0.25, 0.3) is 0 Å². The van der Waals surface area contributed by atoms with Gasteiger partial charge in [-0.1, -0.05) is 11.6 Å². The minimum atomic E-state index is -4.49. The van der Waals surface area contributed by atoms with E-state index in [1.807, 2.05) is 0 Å². The minimum Gasteiger partial charge on any atom is -0.380 e. The van der Waals surface area contributed by atoms with Crippen molar-refractivity contribution in [3.63, 3.8) is 0 Å². The maximum absolute atomic E-state index is 13.4. The molecule has 0 atom stereocenters. The number of nitrogens with one attached hydrogen (secondary N) is 1. The molecule has 2 rings (SSSR count). The summed E-state index contributed by atoms with van der Waals surface area (Å²) in [7, 11) is 0. The van der Waals surface area contributed by atoms with Crippen LogP contribution in [0.3, 0.4) is 0 Å². The molecule has 0 radical (unpaired) electrons. The molecule has 1 nitrogen and oxygen atoms in total. The van der Waals surface area contributed by atoms with Crippen molar-refractivity contribution in [1.82, 2.24) is 0 Å². The Hall–Kier alpha value is -1.82. The Balaban J connectivity index is 2.15. The number of hydrogen-bond donors (Lipinski definition) is 1. The maximum atomic E-state index is 13.4. The van der Waals surface area contributed by atoms with Gasteiger partial charge in [0.2, 0.25) is 0 Å². The molecule has 0 saturated carbocycles. The van der Waals surface area contributed by atoms with Crippen LogP contribution in [0.25, 0.3) is 0 Å². The first-order valence-electron chi connectivity index (χ1n) is 5.82. The lowest BCUT2D eigenvalue weighted by atomic mass is 10.1. The molecule has 0 aromatic heterocycles. The number of benzene rings is 2. The van der Waals surface area contributed by atoms with Gasteiger partial charge < -0.3 is 5.32 Å². The normalized spacial score (nSPS) is 11.5. The summed E-state index contributed by atoms with van der Waals surface area (Å²) in [6.07, 6.45) is -4.49. The summed E-state index contributed by atoms with van der Waals surface area (Å²) in [5.74, 6) is -1.22. The Labute approximate surface area is 122 Å². The zero-order valence-electron chi connectivity index (χ0n) is 10.4. The molecule has 0 unspecified atom stereocenters. The van der Waals surface area contributed by atoms with Gasteiger partial charge in [0.05, 0.1) is 16.3 Å². The molecular weight excluding hydrogens is 313 g/mol. The highest BCUT2D eigenvalue weighted by molar-refractivity contribution is 6.33. The van der Waals surface area contributed by atoms with E-state index in [9.17, 15) is 22.0 Å². The summed E-state index contributed by atoms with van der Waals surface area (Å²) in [6, 6.07) is 5.72. The molecule has 0 aliphatic carbocycles. The van der Waals surface area contributed by atoms with Crippen molar-refractivity contribution in [3.05, 3.63) is 64.2 Å². The van der Waals surface area contributed by atoms with E-state index in [0.29, 0.717) is 0 Å². The van der Waals surface area contributed by atoms with Gasteiger partial charge in [-0.15, -0.1) is 0 Å². The van der Waals surface area contributed by atoms with Crippen molar-refractivity contribution >= 4 is 17.3 Å². The predicted molar refractivity (Wildman–Crippen MR) is 70.1 cm³/mol. The first-order chi connectivity index (χ1) is 9.77. The van der Waals surface area contributed by atoms with Crippen LogP contribution >= 0.6 is 11.6 Å². The molecule has 7 heteroatoms. The third-order valence-corrected chi connectivity index (χ3v) is 3.09. The van der Waals surface area contributed by atoms with E-state index in [0.717, 1.165) is 36.4 Å². The van der Waals surface area contributed by atoms with Crippen molar-refractivity contribution in [2.24, 2.45) is 0 Å².